The van der Waals surface area contributed by atoms with Gasteiger partial charge in [0, 0.05) is 12.5 Å². The van der Waals surface area contributed by atoms with E-state index in [9.17, 15) is 13.2 Å². The van der Waals surface area contributed by atoms with E-state index in [0.29, 0.717) is 40.3 Å². The number of aromatic nitrogens is 4. The van der Waals surface area contributed by atoms with Crippen LogP contribution >= 0.6 is 11.8 Å². The van der Waals surface area contributed by atoms with Crippen LogP contribution in [0.3, 0.4) is 0 Å². The highest BCUT2D eigenvalue weighted by molar-refractivity contribution is 7.98. The summed E-state index contributed by atoms with van der Waals surface area (Å²) in [5, 5.41) is 8.64. The number of aryl methyl sites for hydroxylation is 1. The summed E-state index contributed by atoms with van der Waals surface area (Å²) < 4.78 is 46.4. The second kappa shape index (κ2) is 7.30. The largest absolute Gasteiger partial charge is 0.424 e. The number of hydrogen-bond donors (Lipinski definition) is 0. The Hall–Kier alpha value is -2.03. The van der Waals surface area contributed by atoms with Gasteiger partial charge in [-0.05, 0) is 24.6 Å². The number of alkyl halides is 3. The minimum Gasteiger partial charge on any atom is -0.424 e. The van der Waals surface area contributed by atoms with Gasteiger partial charge in [0.25, 0.3) is 0 Å². The van der Waals surface area contributed by atoms with Gasteiger partial charge in [0.1, 0.15) is 0 Å². The molecule has 1 aromatic carbocycles. The zero-order valence-corrected chi connectivity index (χ0v) is 15.5. The van der Waals surface area contributed by atoms with Crippen LogP contribution in [0.25, 0.3) is 11.0 Å². The number of benzene rings is 1. The van der Waals surface area contributed by atoms with E-state index in [2.05, 4.69) is 15.2 Å². The number of fused-ring (bicyclic) bond motifs is 1. The van der Waals surface area contributed by atoms with Gasteiger partial charge in [0.15, 0.2) is 5.16 Å². The number of halogens is 3. The lowest BCUT2D eigenvalue weighted by molar-refractivity contribution is -0.137. The highest BCUT2D eigenvalue weighted by Crippen LogP contribution is 2.33. The van der Waals surface area contributed by atoms with E-state index < -0.39 is 11.7 Å². The zero-order chi connectivity index (χ0) is 18.9. The van der Waals surface area contributed by atoms with Crippen LogP contribution in [-0.2, 0) is 18.5 Å². The summed E-state index contributed by atoms with van der Waals surface area (Å²) in [7, 11) is 0. The Labute approximate surface area is 153 Å². The summed E-state index contributed by atoms with van der Waals surface area (Å²) in [5.41, 5.74) is 0.359. The first-order valence-corrected chi connectivity index (χ1v) is 9.30. The Morgan fingerprint density at radius 3 is 2.62 bits per heavy atom. The van der Waals surface area contributed by atoms with Crippen LogP contribution in [0.1, 0.15) is 50.5 Å². The van der Waals surface area contributed by atoms with Gasteiger partial charge in [0.05, 0.1) is 22.3 Å². The first-order valence-electron chi connectivity index (χ1n) is 8.32. The molecule has 5 nitrogen and oxygen atoms in total. The topological polar surface area (TPSA) is 56.7 Å². The predicted molar refractivity (Wildman–Crippen MR) is 93.0 cm³/mol. The van der Waals surface area contributed by atoms with E-state index >= 15 is 0 Å². The van der Waals surface area contributed by atoms with Crippen molar-refractivity contribution in [2.45, 2.75) is 56.7 Å². The summed E-state index contributed by atoms with van der Waals surface area (Å²) >= 11 is 1.38. The highest BCUT2D eigenvalue weighted by Gasteiger charge is 2.31. The third-order valence-corrected chi connectivity index (χ3v) is 4.75. The molecule has 0 amide bonds. The predicted octanol–water partition coefficient (Wildman–Crippen LogP) is 5.26. The van der Waals surface area contributed by atoms with Gasteiger partial charge >= 0.3 is 6.18 Å². The fraction of sp³-hybridized carbons (Fsp3) is 0.471. The van der Waals surface area contributed by atoms with Crippen molar-refractivity contribution in [3.8, 4) is 0 Å². The molecule has 0 radical (unpaired) electrons. The van der Waals surface area contributed by atoms with Crippen molar-refractivity contribution in [2.75, 3.05) is 0 Å². The first kappa shape index (κ1) is 18.8. The second-order valence-corrected chi connectivity index (χ2v) is 7.17. The van der Waals surface area contributed by atoms with Crippen LogP contribution < -0.4 is 0 Å². The summed E-state index contributed by atoms with van der Waals surface area (Å²) in [4.78, 5) is 4.48. The van der Waals surface area contributed by atoms with Crippen LogP contribution in [-0.4, -0.2) is 19.7 Å². The normalized spacial score (nSPS) is 12.4. The zero-order valence-electron chi connectivity index (χ0n) is 14.7. The Morgan fingerprint density at radius 2 is 2.00 bits per heavy atom. The molecule has 0 spiro atoms. The van der Waals surface area contributed by atoms with Crippen molar-refractivity contribution < 1.29 is 17.6 Å². The molecule has 0 saturated carbocycles. The Kier molecular flexibility index (Phi) is 5.27. The van der Waals surface area contributed by atoms with Crippen molar-refractivity contribution in [1.82, 2.24) is 19.7 Å². The third kappa shape index (κ3) is 3.87. The molecular weight excluding hydrogens is 365 g/mol. The van der Waals surface area contributed by atoms with E-state index in [1.54, 1.807) is 0 Å². The Balaban J connectivity index is 1.90. The number of rotatable bonds is 6. The van der Waals surface area contributed by atoms with Gasteiger partial charge in [-0.1, -0.05) is 32.5 Å². The van der Waals surface area contributed by atoms with Crippen LogP contribution in [0.2, 0.25) is 0 Å². The summed E-state index contributed by atoms with van der Waals surface area (Å²) in [6, 6.07) is 3.64. The van der Waals surface area contributed by atoms with E-state index in [0.717, 1.165) is 18.6 Å². The lowest BCUT2D eigenvalue weighted by atomic mass is 10.2. The molecule has 0 fully saturated rings. The average Bonchev–Trinajstić information content (AvgIpc) is 3.17. The molecule has 0 aliphatic carbocycles. The maximum Gasteiger partial charge on any atom is 0.416 e. The van der Waals surface area contributed by atoms with Gasteiger partial charge in [-0.2, -0.15) is 13.2 Å². The Morgan fingerprint density at radius 1 is 1.23 bits per heavy atom. The molecule has 0 atom stereocenters. The van der Waals surface area contributed by atoms with Crippen molar-refractivity contribution in [1.29, 1.82) is 0 Å². The van der Waals surface area contributed by atoms with Gasteiger partial charge < -0.3 is 8.98 Å². The van der Waals surface area contributed by atoms with Gasteiger partial charge in [-0.15, -0.1) is 10.2 Å². The fourth-order valence-electron chi connectivity index (χ4n) is 2.51. The van der Waals surface area contributed by atoms with Crippen LogP contribution in [0.4, 0.5) is 13.2 Å². The van der Waals surface area contributed by atoms with Gasteiger partial charge in [-0.25, -0.2) is 4.98 Å². The maximum absolute atomic E-state index is 13.0. The number of nitrogens with zero attached hydrogens (tertiary/aromatic N) is 4. The lowest BCUT2D eigenvalue weighted by Gasteiger charge is -2.09. The summed E-state index contributed by atoms with van der Waals surface area (Å²) in [5.74, 6) is 1.60. The van der Waals surface area contributed by atoms with Crippen LogP contribution in [0, 0.1) is 0 Å². The monoisotopic (exact) mass is 384 g/mol. The maximum atomic E-state index is 13.0. The standard InChI is InChI=1S/C17H19F3N4OS/c1-4-7-24-13-8-11(17(18,19)20)5-6-12(13)21-16(24)26-9-14-22-23-15(25-14)10(2)3/h5-6,8,10H,4,7,9H2,1-3H3. The van der Waals surface area contributed by atoms with Crippen molar-refractivity contribution in [2.24, 2.45) is 0 Å². The Bertz CT molecular complexity index is 901. The molecule has 140 valence electrons. The molecule has 2 aromatic heterocycles. The SMILES string of the molecule is CCCn1c(SCc2nnc(C(C)C)o2)nc2ccc(C(F)(F)F)cc21. The molecule has 0 saturated heterocycles. The van der Waals surface area contributed by atoms with Crippen LogP contribution in [0.15, 0.2) is 27.8 Å². The molecule has 0 aliphatic rings. The molecule has 3 aromatic rings. The molecule has 0 bridgehead atoms. The molecule has 2 heterocycles. The van der Waals surface area contributed by atoms with Crippen molar-refractivity contribution in [3.05, 3.63) is 35.5 Å². The molecule has 26 heavy (non-hydrogen) atoms. The summed E-state index contributed by atoms with van der Waals surface area (Å²) in [6.07, 6.45) is -3.59. The minimum atomic E-state index is -4.38. The molecule has 0 unspecified atom stereocenters. The molecule has 9 heteroatoms. The smallest absolute Gasteiger partial charge is 0.416 e. The minimum absolute atomic E-state index is 0.145. The van der Waals surface area contributed by atoms with Crippen LogP contribution in [0.5, 0.6) is 0 Å². The van der Waals surface area contributed by atoms with Gasteiger partial charge in [-0.3, -0.25) is 0 Å². The number of imidazole rings is 1. The highest BCUT2D eigenvalue weighted by atomic mass is 32.2. The quantitative estimate of drug-likeness (QED) is 0.542. The van der Waals surface area contributed by atoms with E-state index in [4.69, 9.17) is 4.42 Å². The van der Waals surface area contributed by atoms with Gasteiger partial charge in [0.2, 0.25) is 11.8 Å². The third-order valence-electron chi connectivity index (χ3n) is 3.79. The number of thioether (sulfide) groups is 1. The average molecular weight is 384 g/mol. The molecule has 0 N–H and O–H groups in total. The molecule has 3 rings (SSSR count). The first-order chi connectivity index (χ1) is 12.3. The van der Waals surface area contributed by atoms with E-state index in [1.165, 1.54) is 17.8 Å². The fourth-order valence-corrected chi connectivity index (χ4v) is 3.39. The van der Waals surface area contributed by atoms with Crippen molar-refractivity contribution >= 4 is 22.8 Å². The van der Waals surface area contributed by atoms with E-state index in [1.807, 2.05) is 25.3 Å². The second-order valence-electron chi connectivity index (χ2n) is 6.22. The lowest BCUT2D eigenvalue weighted by Crippen LogP contribution is -2.05. The number of hydrogen-bond acceptors (Lipinski definition) is 5. The van der Waals surface area contributed by atoms with E-state index in [-0.39, 0.29) is 5.92 Å². The van der Waals surface area contributed by atoms with Crippen molar-refractivity contribution in [3.63, 3.8) is 0 Å². The molecular formula is C17H19F3N4OS. The summed E-state index contributed by atoms with van der Waals surface area (Å²) in [6.45, 7) is 6.48. The molecule has 0 aliphatic heterocycles.